The van der Waals surface area contributed by atoms with Crippen molar-refractivity contribution in [2.75, 3.05) is 18.1 Å². The minimum Gasteiger partial charge on any atom is -0.482 e. The van der Waals surface area contributed by atoms with E-state index < -0.39 is 12.1 Å². The largest absolute Gasteiger partial charge is 0.482 e. The maximum absolute atomic E-state index is 12.6. The SMILES string of the molecule is Cc1ccc2c(c1)N(CCC(=O)O[C@H](C(=O)NC1CCCC1)C(C)C)C(=O)CO2. The molecule has 1 aromatic carbocycles. The molecule has 3 rings (SSSR count). The van der Waals surface area contributed by atoms with Crippen LogP contribution in [-0.4, -0.2) is 43.1 Å². The Morgan fingerprint density at radius 3 is 2.69 bits per heavy atom. The topological polar surface area (TPSA) is 84.9 Å². The Hall–Kier alpha value is -2.57. The highest BCUT2D eigenvalue weighted by atomic mass is 16.5. The third-order valence-corrected chi connectivity index (χ3v) is 5.42. The van der Waals surface area contributed by atoms with Gasteiger partial charge in [0.15, 0.2) is 12.7 Å². The molecule has 1 fully saturated rings. The summed E-state index contributed by atoms with van der Waals surface area (Å²) in [6.45, 7) is 5.78. The number of amides is 2. The molecule has 1 heterocycles. The van der Waals surface area contributed by atoms with Crippen LogP contribution >= 0.6 is 0 Å². The molecule has 1 atom stereocenters. The van der Waals surface area contributed by atoms with Crippen molar-refractivity contribution in [2.45, 2.75) is 65.0 Å². The van der Waals surface area contributed by atoms with Gasteiger partial charge in [0.2, 0.25) is 0 Å². The van der Waals surface area contributed by atoms with Crippen molar-refractivity contribution in [3.63, 3.8) is 0 Å². The molecule has 0 bridgehead atoms. The third-order valence-electron chi connectivity index (χ3n) is 5.42. The predicted molar refractivity (Wildman–Crippen MR) is 109 cm³/mol. The van der Waals surface area contributed by atoms with Crippen LogP contribution in [0.2, 0.25) is 0 Å². The first-order valence-corrected chi connectivity index (χ1v) is 10.4. The number of benzene rings is 1. The van der Waals surface area contributed by atoms with Crippen molar-refractivity contribution < 1.29 is 23.9 Å². The molecular weight excluding hydrogens is 372 g/mol. The van der Waals surface area contributed by atoms with Gasteiger partial charge in [0, 0.05) is 12.6 Å². The van der Waals surface area contributed by atoms with Crippen LogP contribution in [0.15, 0.2) is 18.2 Å². The van der Waals surface area contributed by atoms with Gasteiger partial charge in [-0.25, -0.2) is 0 Å². The van der Waals surface area contributed by atoms with Gasteiger partial charge in [-0.3, -0.25) is 14.4 Å². The summed E-state index contributed by atoms with van der Waals surface area (Å²) in [6, 6.07) is 5.78. The zero-order valence-corrected chi connectivity index (χ0v) is 17.4. The van der Waals surface area contributed by atoms with Crippen LogP contribution in [0.1, 0.15) is 51.5 Å². The Morgan fingerprint density at radius 1 is 1.28 bits per heavy atom. The second-order valence-corrected chi connectivity index (χ2v) is 8.20. The number of carbonyl (C=O) groups excluding carboxylic acids is 3. The van der Waals surface area contributed by atoms with Gasteiger partial charge in [0.25, 0.3) is 11.8 Å². The summed E-state index contributed by atoms with van der Waals surface area (Å²) in [5, 5.41) is 3.00. The molecule has 7 nitrogen and oxygen atoms in total. The molecule has 2 amide bonds. The van der Waals surface area contributed by atoms with E-state index in [2.05, 4.69) is 5.32 Å². The minimum atomic E-state index is -0.821. The summed E-state index contributed by atoms with van der Waals surface area (Å²) in [5.74, 6) is -0.425. The molecule has 1 N–H and O–H groups in total. The number of hydrogen-bond acceptors (Lipinski definition) is 5. The van der Waals surface area contributed by atoms with Gasteiger partial charge in [-0.1, -0.05) is 32.8 Å². The summed E-state index contributed by atoms with van der Waals surface area (Å²) in [4.78, 5) is 38.9. The number of hydrogen-bond donors (Lipinski definition) is 1. The van der Waals surface area contributed by atoms with Gasteiger partial charge >= 0.3 is 5.97 Å². The monoisotopic (exact) mass is 402 g/mol. The average Bonchev–Trinajstić information content (AvgIpc) is 3.18. The molecule has 1 saturated carbocycles. The number of aryl methyl sites for hydroxylation is 1. The van der Waals surface area contributed by atoms with E-state index >= 15 is 0 Å². The van der Waals surface area contributed by atoms with Crippen molar-refractivity contribution in [1.82, 2.24) is 5.32 Å². The van der Waals surface area contributed by atoms with Crippen LogP contribution in [0.5, 0.6) is 5.75 Å². The number of nitrogens with one attached hydrogen (secondary N) is 1. The number of carbonyl (C=O) groups is 3. The molecule has 0 saturated heterocycles. The maximum Gasteiger partial charge on any atom is 0.308 e. The quantitative estimate of drug-likeness (QED) is 0.709. The standard InChI is InChI=1S/C22H30N2O5/c1-14(2)21(22(27)23-16-6-4-5-7-16)29-20(26)10-11-24-17-12-15(3)8-9-18(17)28-13-19(24)25/h8-9,12,14,16,21H,4-7,10-11,13H2,1-3H3,(H,23,27)/t21-/m0/s1. The molecular formula is C22H30N2O5. The van der Waals surface area contributed by atoms with E-state index in [1.54, 1.807) is 4.90 Å². The second-order valence-electron chi connectivity index (χ2n) is 8.20. The van der Waals surface area contributed by atoms with E-state index in [1.165, 1.54) is 0 Å². The Kier molecular flexibility index (Phi) is 6.77. The van der Waals surface area contributed by atoms with Gasteiger partial charge in [0.1, 0.15) is 5.75 Å². The van der Waals surface area contributed by atoms with Crippen molar-refractivity contribution in [3.8, 4) is 5.75 Å². The number of anilines is 1. The molecule has 0 unspecified atom stereocenters. The molecule has 1 aliphatic heterocycles. The normalized spacial score (nSPS) is 17.7. The Balaban J connectivity index is 1.58. The van der Waals surface area contributed by atoms with Gasteiger partial charge in [-0.05, 0) is 43.4 Å². The molecule has 7 heteroatoms. The number of esters is 1. The fraction of sp³-hybridized carbons (Fsp3) is 0.591. The lowest BCUT2D eigenvalue weighted by Gasteiger charge is -2.29. The zero-order chi connectivity index (χ0) is 21.0. The van der Waals surface area contributed by atoms with Gasteiger partial charge in [-0.2, -0.15) is 0 Å². The van der Waals surface area contributed by atoms with Gasteiger partial charge in [-0.15, -0.1) is 0 Å². The lowest BCUT2D eigenvalue weighted by Crippen LogP contribution is -2.45. The first-order valence-electron chi connectivity index (χ1n) is 10.4. The number of fused-ring (bicyclic) bond motifs is 1. The predicted octanol–water partition coefficient (Wildman–Crippen LogP) is 2.74. The summed E-state index contributed by atoms with van der Waals surface area (Å²) < 4.78 is 11.0. The molecule has 1 aromatic rings. The van der Waals surface area contributed by atoms with Crippen LogP contribution in [-0.2, 0) is 19.1 Å². The van der Waals surface area contributed by atoms with Crippen LogP contribution in [0.3, 0.4) is 0 Å². The highest BCUT2D eigenvalue weighted by Gasteiger charge is 2.30. The molecule has 2 aliphatic rings. The molecule has 0 radical (unpaired) electrons. The summed E-state index contributed by atoms with van der Waals surface area (Å²) in [6.07, 6.45) is 3.37. The molecule has 29 heavy (non-hydrogen) atoms. The molecule has 0 spiro atoms. The van der Waals surface area contributed by atoms with E-state index in [1.807, 2.05) is 39.0 Å². The van der Waals surface area contributed by atoms with Crippen LogP contribution in [0.25, 0.3) is 0 Å². The van der Waals surface area contributed by atoms with E-state index in [4.69, 9.17) is 9.47 Å². The number of rotatable bonds is 7. The van der Waals surface area contributed by atoms with E-state index in [0.29, 0.717) is 11.4 Å². The second kappa shape index (κ2) is 9.29. The minimum absolute atomic E-state index is 0.0129. The molecule has 0 aromatic heterocycles. The molecule has 1 aliphatic carbocycles. The van der Waals surface area contributed by atoms with E-state index in [-0.39, 0.29) is 43.3 Å². The highest BCUT2D eigenvalue weighted by molar-refractivity contribution is 5.98. The summed E-state index contributed by atoms with van der Waals surface area (Å²) in [5.41, 5.74) is 1.66. The highest BCUT2D eigenvalue weighted by Crippen LogP contribution is 2.33. The van der Waals surface area contributed by atoms with E-state index in [0.717, 1.165) is 31.2 Å². The first kappa shape index (κ1) is 21.1. The van der Waals surface area contributed by atoms with Gasteiger partial charge < -0.3 is 19.7 Å². The van der Waals surface area contributed by atoms with Crippen molar-refractivity contribution in [3.05, 3.63) is 23.8 Å². The van der Waals surface area contributed by atoms with Crippen LogP contribution in [0.4, 0.5) is 5.69 Å². The molecule has 158 valence electrons. The summed E-state index contributed by atoms with van der Waals surface area (Å²) >= 11 is 0. The van der Waals surface area contributed by atoms with Crippen molar-refractivity contribution in [1.29, 1.82) is 0 Å². The fourth-order valence-corrected chi connectivity index (χ4v) is 3.81. The van der Waals surface area contributed by atoms with Crippen molar-refractivity contribution in [2.24, 2.45) is 5.92 Å². The van der Waals surface area contributed by atoms with Crippen molar-refractivity contribution >= 4 is 23.5 Å². The smallest absolute Gasteiger partial charge is 0.308 e. The lowest BCUT2D eigenvalue weighted by molar-refractivity contribution is -0.158. The summed E-state index contributed by atoms with van der Waals surface area (Å²) in [7, 11) is 0. The number of ether oxygens (including phenoxy) is 2. The fourth-order valence-electron chi connectivity index (χ4n) is 3.81. The Morgan fingerprint density at radius 2 is 2.00 bits per heavy atom. The van der Waals surface area contributed by atoms with E-state index in [9.17, 15) is 14.4 Å². The Labute approximate surface area is 171 Å². The first-order chi connectivity index (χ1) is 13.8. The van der Waals surface area contributed by atoms with Gasteiger partial charge in [0.05, 0.1) is 12.1 Å². The van der Waals surface area contributed by atoms with Crippen LogP contribution < -0.4 is 15.0 Å². The lowest BCUT2D eigenvalue weighted by atomic mass is 10.1. The zero-order valence-electron chi connectivity index (χ0n) is 17.4. The Bertz CT molecular complexity index is 770. The third kappa shape index (κ3) is 5.28. The van der Waals surface area contributed by atoms with Crippen LogP contribution in [0, 0.1) is 12.8 Å². The average molecular weight is 402 g/mol. The maximum atomic E-state index is 12.6. The number of nitrogens with zero attached hydrogens (tertiary/aromatic N) is 1.